The van der Waals surface area contributed by atoms with Gasteiger partial charge in [0.2, 0.25) is 5.91 Å². The van der Waals surface area contributed by atoms with Gasteiger partial charge >= 0.3 is 0 Å². The van der Waals surface area contributed by atoms with E-state index in [0.29, 0.717) is 13.1 Å². The summed E-state index contributed by atoms with van der Waals surface area (Å²) in [5.41, 5.74) is 2.10. The minimum absolute atomic E-state index is 0.0938. The van der Waals surface area contributed by atoms with Crippen LogP contribution in [0.5, 0.6) is 0 Å². The summed E-state index contributed by atoms with van der Waals surface area (Å²) in [7, 11) is 0. The van der Waals surface area contributed by atoms with Gasteiger partial charge in [0, 0.05) is 26.2 Å². The van der Waals surface area contributed by atoms with Gasteiger partial charge in [-0.25, -0.2) is 0 Å². The first-order chi connectivity index (χ1) is 14.2. The molecule has 1 saturated heterocycles. The van der Waals surface area contributed by atoms with Crippen molar-refractivity contribution in [3.05, 3.63) is 89.3 Å². The van der Waals surface area contributed by atoms with Crippen molar-refractivity contribution < 1.29 is 9.21 Å². The van der Waals surface area contributed by atoms with E-state index in [1.807, 2.05) is 71.6 Å². The molecule has 0 aliphatic carbocycles. The van der Waals surface area contributed by atoms with Crippen LogP contribution < -0.4 is 10.2 Å². The van der Waals surface area contributed by atoms with Crippen LogP contribution in [0.3, 0.4) is 0 Å². The fraction of sp³-hybridized carbons (Fsp3) is 0.261. The molecule has 0 saturated carbocycles. The summed E-state index contributed by atoms with van der Waals surface area (Å²) >= 11 is 6.31. The van der Waals surface area contributed by atoms with Gasteiger partial charge in [0.05, 0.1) is 29.6 Å². The Morgan fingerprint density at radius 1 is 0.966 bits per heavy atom. The van der Waals surface area contributed by atoms with Crippen LogP contribution in [0.1, 0.15) is 17.4 Å². The third-order valence-electron chi connectivity index (χ3n) is 5.24. The second-order valence-corrected chi connectivity index (χ2v) is 7.47. The molecule has 1 aliphatic heterocycles. The molecular weight excluding hydrogens is 386 g/mol. The highest BCUT2D eigenvalue weighted by molar-refractivity contribution is 6.33. The highest BCUT2D eigenvalue weighted by Crippen LogP contribution is 2.26. The standard InChI is InChI=1S/C23H24ClN3O2/c24-19-9-4-5-10-20(19)26-12-14-27(15-13-26)22(28)17-25-23(21-11-6-16-29-21)18-7-2-1-3-8-18/h1-11,16,23,25H,12-15,17H2/t23-/m1/s1. The number of anilines is 1. The number of hydrogen-bond donors (Lipinski definition) is 1. The average molecular weight is 410 g/mol. The van der Waals surface area contributed by atoms with Gasteiger partial charge in [-0.3, -0.25) is 10.1 Å². The summed E-state index contributed by atoms with van der Waals surface area (Å²) in [6.45, 7) is 3.17. The van der Waals surface area contributed by atoms with E-state index in [4.69, 9.17) is 16.0 Å². The zero-order chi connectivity index (χ0) is 20.1. The molecular formula is C23H24ClN3O2. The van der Waals surface area contributed by atoms with Crippen LogP contribution in [0.25, 0.3) is 0 Å². The molecule has 0 radical (unpaired) electrons. The third kappa shape index (κ3) is 4.63. The molecule has 1 aliphatic rings. The molecule has 1 fully saturated rings. The number of nitrogens with one attached hydrogen (secondary N) is 1. The Morgan fingerprint density at radius 3 is 2.38 bits per heavy atom. The number of carbonyl (C=O) groups excluding carboxylic acids is 1. The monoisotopic (exact) mass is 409 g/mol. The lowest BCUT2D eigenvalue weighted by atomic mass is 10.0. The fourth-order valence-electron chi connectivity index (χ4n) is 3.69. The van der Waals surface area contributed by atoms with Gasteiger partial charge in [-0.2, -0.15) is 0 Å². The molecule has 3 aromatic rings. The van der Waals surface area contributed by atoms with E-state index in [2.05, 4.69) is 10.2 Å². The van der Waals surface area contributed by atoms with Crippen LogP contribution in [-0.2, 0) is 4.79 Å². The number of nitrogens with zero attached hydrogens (tertiary/aromatic N) is 2. The average Bonchev–Trinajstić information content (AvgIpc) is 3.30. The van der Waals surface area contributed by atoms with Crippen molar-refractivity contribution in [2.45, 2.75) is 6.04 Å². The van der Waals surface area contributed by atoms with Crippen molar-refractivity contribution in [1.29, 1.82) is 0 Å². The van der Waals surface area contributed by atoms with Crippen molar-refractivity contribution in [2.75, 3.05) is 37.6 Å². The normalized spacial score (nSPS) is 15.3. The van der Waals surface area contributed by atoms with Gasteiger partial charge < -0.3 is 14.2 Å². The van der Waals surface area contributed by atoms with Gasteiger partial charge in [-0.1, -0.05) is 54.1 Å². The number of para-hydroxylation sites is 1. The smallest absolute Gasteiger partial charge is 0.236 e. The zero-order valence-corrected chi connectivity index (χ0v) is 16.9. The fourth-order valence-corrected chi connectivity index (χ4v) is 3.95. The summed E-state index contributed by atoms with van der Waals surface area (Å²) in [5.74, 6) is 0.892. The summed E-state index contributed by atoms with van der Waals surface area (Å²) in [6, 6.07) is 21.5. The summed E-state index contributed by atoms with van der Waals surface area (Å²) in [5, 5.41) is 4.12. The molecule has 29 heavy (non-hydrogen) atoms. The maximum atomic E-state index is 12.8. The highest BCUT2D eigenvalue weighted by atomic mass is 35.5. The molecule has 6 heteroatoms. The van der Waals surface area contributed by atoms with E-state index in [-0.39, 0.29) is 18.5 Å². The van der Waals surface area contributed by atoms with Crippen molar-refractivity contribution in [3.8, 4) is 0 Å². The summed E-state index contributed by atoms with van der Waals surface area (Å²) in [6.07, 6.45) is 1.66. The number of benzene rings is 2. The minimum atomic E-state index is -0.153. The van der Waals surface area contributed by atoms with E-state index in [1.165, 1.54) is 0 Å². The molecule has 0 bridgehead atoms. The largest absolute Gasteiger partial charge is 0.467 e. The van der Waals surface area contributed by atoms with E-state index < -0.39 is 0 Å². The van der Waals surface area contributed by atoms with Crippen LogP contribution in [-0.4, -0.2) is 43.5 Å². The quantitative estimate of drug-likeness (QED) is 0.669. The molecule has 1 aromatic heterocycles. The van der Waals surface area contributed by atoms with Crippen molar-refractivity contribution in [1.82, 2.24) is 10.2 Å². The number of hydrogen-bond acceptors (Lipinski definition) is 4. The lowest BCUT2D eigenvalue weighted by Crippen LogP contribution is -2.51. The summed E-state index contributed by atoms with van der Waals surface area (Å²) in [4.78, 5) is 16.9. The molecule has 4 rings (SSSR count). The lowest BCUT2D eigenvalue weighted by Gasteiger charge is -2.36. The first kappa shape index (κ1) is 19.6. The Labute approximate surface area is 175 Å². The third-order valence-corrected chi connectivity index (χ3v) is 5.56. The molecule has 1 amide bonds. The molecule has 1 N–H and O–H groups in total. The van der Waals surface area contributed by atoms with Crippen molar-refractivity contribution >= 4 is 23.2 Å². The zero-order valence-electron chi connectivity index (χ0n) is 16.1. The van der Waals surface area contributed by atoms with Gasteiger partial charge in [0.1, 0.15) is 5.76 Å². The van der Waals surface area contributed by atoms with E-state index in [0.717, 1.165) is 35.1 Å². The van der Waals surface area contributed by atoms with Crippen LogP contribution in [0.15, 0.2) is 77.4 Å². The van der Waals surface area contributed by atoms with Crippen molar-refractivity contribution in [3.63, 3.8) is 0 Å². The molecule has 2 aromatic carbocycles. The predicted molar refractivity (Wildman–Crippen MR) is 115 cm³/mol. The predicted octanol–water partition coefficient (Wildman–Crippen LogP) is 3.96. The second kappa shape index (κ2) is 9.16. The Balaban J connectivity index is 1.35. The molecule has 150 valence electrons. The van der Waals surface area contributed by atoms with E-state index >= 15 is 0 Å². The Hall–Kier alpha value is -2.76. The minimum Gasteiger partial charge on any atom is -0.467 e. The van der Waals surface area contributed by atoms with Crippen LogP contribution in [0, 0.1) is 0 Å². The van der Waals surface area contributed by atoms with E-state index in [1.54, 1.807) is 6.26 Å². The SMILES string of the molecule is O=C(CN[C@H](c1ccccc1)c1ccco1)N1CCN(c2ccccc2Cl)CC1. The first-order valence-electron chi connectivity index (χ1n) is 9.81. The molecule has 5 nitrogen and oxygen atoms in total. The maximum absolute atomic E-state index is 12.8. The van der Waals surface area contributed by atoms with Crippen LogP contribution in [0.4, 0.5) is 5.69 Å². The van der Waals surface area contributed by atoms with Gasteiger partial charge in [0.15, 0.2) is 0 Å². The van der Waals surface area contributed by atoms with E-state index in [9.17, 15) is 4.79 Å². The molecule has 2 heterocycles. The molecule has 0 spiro atoms. The first-order valence-corrected chi connectivity index (χ1v) is 10.2. The Kier molecular flexibility index (Phi) is 6.17. The van der Waals surface area contributed by atoms with Gasteiger partial charge in [0.25, 0.3) is 0 Å². The van der Waals surface area contributed by atoms with Gasteiger partial charge in [-0.15, -0.1) is 0 Å². The number of piperazine rings is 1. The topological polar surface area (TPSA) is 48.7 Å². The van der Waals surface area contributed by atoms with Crippen LogP contribution in [0.2, 0.25) is 5.02 Å². The highest BCUT2D eigenvalue weighted by Gasteiger charge is 2.24. The lowest BCUT2D eigenvalue weighted by molar-refractivity contribution is -0.130. The Bertz CT molecular complexity index is 922. The number of halogens is 1. The number of furan rings is 1. The molecule has 1 atom stereocenters. The summed E-state index contributed by atoms with van der Waals surface area (Å²) < 4.78 is 5.60. The van der Waals surface area contributed by atoms with Crippen LogP contribution >= 0.6 is 11.6 Å². The van der Waals surface area contributed by atoms with Crippen molar-refractivity contribution in [2.24, 2.45) is 0 Å². The number of carbonyl (C=O) groups is 1. The Morgan fingerprint density at radius 2 is 1.69 bits per heavy atom. The number of amides is 1. The van der Waals surface area contributed by atoms with Gasteiger partial charge in [-0.05, 0) is 29.8 Å². The molecule has 0 unspecified atom stereocenters. The number of rotatable bonds is 6. The second-order valence-electron chi connectivity index (χ2n) is 7.06. The maximum Gasteiger partial charge on any atom is 0.236 e.